The highest BCUT2D eigenvalue weighted by Gasteiger charge is 2.27. The molecule has 1 aliphatic rings. The molecule has 2 nitrogen and oxygen atoms in total. The maximum Gasteiger partial charge on any atom is 0.164 e. The van der Waals surface area contributed by atoms with E-state index in [2.05, 4.69) is 97.1 Å². The number of benzene rings is 3. The van der Waals surface area contributed by atoms with Crippen LogP contribution >= 0.6 is 33.5 Å². The predicted octanol–water partition coefficient (Wildman–Crippen LogP) is 7.54. The van der Waals surface area contributed by atoms with Crippen molar-refractivity contribution in [2.75, 3.05) is 0 Å². The number of aryl methyl sites for hydroxylation is 2. The van der Waals surface area contributed by atoms with Crippen LogP contribution in [0, 0.1) is 17.6 Å². The molecule has 2 heterocycles. The van der Waals surface area contributed by atoms with E-state index >= 15 is 0 Å². The molecule has 0 fully saturated rings. The zero-order valence-corrected chi connectivity index (χ0v) is 19.3. The summed E-state index contributed by atoms with van der Waals surface area (Å²) in [6, 6.07) is 26.2. The summed E-state index contributed by atoms with van der Waals surface area (Å²) in [6.07, 6.45) is 0. The Morgan fingerprint density at radius 1 is 0.793 bits per heavy atom. The van der Waals surface area contributed by atoms with Gasteiger partial charge in [-0.15, -0.1) is 0 Å². The first-order valence-corrected chi connectivity index (χ1v) is 12.0. The Balaban J connectivity index is 1.46. The summed E-state index contributed by atoms with van der Waals surface area (Å²) < 4.78 is 12.4. The zero-order chi connectivity index (χ0) is 20.0. The lowest BCUT2D eigenvalue weighted by molar-refractivity contribution is 0.267. The van der Waals surface area contributed by atoms with Crippen LogP contribution in [0.5, 0.6) is 5.75 Å². The van der Waals surface area contributed by atoms with Gasteiger partial charge in [0.2, 0.25) is 0 Å². The molecule has 29 heavy (non-hydrogen) atoms. The molecule has 5 rings (SSSR count). The van der Waals surface area contributed by atoms with E-state index in [-0.39, 0.29) is 0 Å². The molecule has 1 aromatic heterocycles. The van der Waals surface area contributed by atoms with Gasteiger partial charge in [0.25, 0.3) is 0 Å². The van der Waals surface area contributed by atoms with Crippen LogP contribution in [-0.4, -0.2) is 0 Å². The van der Waals surface area contributed by atoms with Crippen LogP contribution in [0.25, 0.3) is 11.1 Å². The number of fused-ring (bicyclic) bond motifs is 3. The standard InChI is InChI=1S/C25H21IO2S/c1-16-3-10-23-21(13-16)22-14-17(2)4-11-24(22)29(23)20-8-5-18(6-9-20)27-15-19-7-12-25(26)28-19/h3-14,29H,15H2,1-2H3. The first-order valence-electron chi connectivity index (χ1n) is 9.57. The molecule has 0 unspecified atom stereocenters. The third-order valence-electron chi connectivity index (χ3n) is 5.18. The Morgan fingerprint density at radius 3 is 1.97 bits per heavy atom. The van der Waals surface area contributed by atoms with Gasteiger partial charge in [0.15, 0.2) is 3.77 Å². The fraction of sp³-hybridized carbons (Fsp3) is 0.120. The Labute approximate surface area is 187 Å². The Morgan fingerprint density at radius 2 is 1.41 bits per heavy atom. The molecule has 0 bridgehead atoms. The monoisotopic (exact) mass is 512 g/mol. The third-order valence-corrected chi connectivity index (χ3v) is 8.32. The first kappa shape index (κ1) is 18.8. The summed E-state index contributed by atoms with van der Waals surface area (Å²) >= 11 is 2.17. The van der Waals surface area contributed by atoms with Gasteiger partial charge in [0, 0.05) is 9.79 Å². The van der Waals surface area contributed by atoms with Crippen molar-refractivity contribution in [1.29, 1.82) is 0 Å². The first-order chi connectivity index (χ1) is 14.1. The summed E-state index contributed by atoms with van der Waals surface area (Å²) in [5.41, 5.74) is 5.40. The molecule has 0 saturated heterocycles. The van der Waals surface area contributed by atoms with Crippen molar-refractivity contribution in [1.82, 2.24) is 0 Å². The highest BCUT2D eigenvalue weighted by atomic mass is 127. The maximum atomic E-state index is 5.90. The van der Waals surface area contributed by atoms with E-state index in [4.69, 9.17) is 9.15 Å². The van der Waals surface area contributed by atoms with Crippen molar-refractivity contribution in [2.45, 2.75) is 35.1 Å². The number of hydrogen-bond donors (Lipinski definition) is 1. The molecule has 4 aromatic rings. The largest absolute Gasteiger partial charge is 0.486 e. The lowest BCUT2D eigenvalue weighted by Crippen LogP contribution is -1.93. The molecule has 1 aliphatic heterocycles. The number of thiol groups is 1. The third kappa shape index (κ3) is 3.60. The van der Waals surface area contributed by atoms with Crippen LogP contribution in [0.2, 0.25) is 0 Å². The smallest absolute Gasteiger partial charge is 0.164 e. The minimum atomic E-state index is -0.534. The summed E-state index contributed by atoms with van der Waals surface area (Å²) in [5, 5.41) is 0. The highest BCUT2D eigenvalue weighted by molar-refractivity contribution is 14.1. The fourth-order valence-corrected chi connectivity index (χ4v) is 6.83. The van der Waals surface area contributed by atoms with Gasteiger partial charge in [-0.25, -0.2) is 0 Å². The van der Waals surface area contributed by atoms with Crippen LogP contribution < -0.4 is 4.74 Å². The molecule has 146 valence electrons. The van der Waals surface area contributed by atoms with E-state index in [0.717, 1.165) is 15.3 Å². The van der Waals surface area contributed by atoms with Gasteiger partial charge in [0.1, 0.15) is 18.1 Å². The van der Waals surface area contributed by atoms with Gasteiger partial charge in [-0.3, -0.25) is 0 Å². The molecule has 0 spiro atoms. The number of hydrogen-bond acceptors (Lipinski definition) is 2. The second-order valence-electron chi connectivity index (χ2n) is 7.37. The molecule has 0 atom stereocenters. The van der Waals surface area contributed by atoms with Crippen molar-refractivity contribution in [3.63, 3.8) is 0 Å². The van der Waals surface area contributed by atoms with Gasteiger partial charge < -0.3 is 9.15 Å². The van der Waals surface area contributed by atoms with Crippen molar-refractivity contribution in [3.05, 3.63) is 93.5 Å². The van der Waals surface area contributed by atoms with Crippen molar-refractivity contribution < 1.29 is 9.15 Å². The Hall–Kier alpha value is -2.18. The van der Waals surface area contributed by atoms with Crippen LogP contribution in [0.15, 0.2) is 91.9 Å². The highest BCUT2D eigenvalue weighted by Crippen LogP contribution is 2.62. The van der Waals surface area contributed by atoms with Gasteiger partial charge in [-0.2, -0.15) is 10.9 Å². The molecular formula is C25H21IO2S. The quantitative estimate of drug-likeness (QED) is 0.199. The maximum absolute atomic E-state index is 5.90. The van der Waals surface area contributed by atoms with Crippen LogP contribution in [-0.2, 0) is 6.61 Å². The van der Waals surface area contributed by atoms with Gasteiger partial charge in [-0.05, 0) is 101 Å². The van der Waals surface area contributed by atoms with Crippen molar-refractivity contribution >= 4 is 33.5 Å². The van der Waals surface area contributed by atoms with Crippen molar-refractivity contribution in [2.24, 2.45) is 0 Å². The van der Waals surface area contributed by atoms with E-state index in [1.807, 2.05) is 12.1 Å². The second kappa shape index (κ2) is 7.58. The van der Waals surface area contributed by atoms with Crippen molar-refractivity contribution in [3.8, 4) is 16.9 Å². The topological polar surface area (TPSA) is 22.4 Å². The number of halogens is 1. The molecule has 0 amide bonds. The van der Waals surface area contributed by atoms with E-state index in [9.17, 15) is 0 Å². The molecule has 0 radical (unpaired) electrons. The fourth-order valence-electron chi connectivity index (χ4n) is 3.80. The Bertz CT molecular complexity index is 1140. The minimum absolute atomic E-state index is 0.446. The van der Waals surface area contributed by atoms with E-state index in [1.54, 1.807) is 0 Å². The summed E-state index contributed by atoms with van der Waals surface area (Å²) in [6.45, 7) is 4.78. The lowest BCUT2D eigenvalue weighted by atomic mass is 10.0. The average Bonchev–Trinajstić information content (AvgIpc) is 3.27. The van der Waals surface area contributed by atoms with Gasteiger partial charge >= 0.3 is 0 Å². The lowest BCUT2D eigenvalue weighted by Gasteiger charge is -2.19. The predicted molar refractivity (Wildman–Crippen MR) is 127 cm³/mol. The summed E-state index contributed by atoms with van der Waals surface area (Å²) in [4.78, 5) is 4.25. The SMILES string of the molecule is Cc1ccc2c(c1)-c1cc(C)ccc1[SH]2c1ccc(OCc2ccc(I)o2)cc1. The zero-order valence-electron chi connectivity index (χ0n) is 16.3. The molecular weight excluding hydrogens is 491 g/mol. The van der Waals surface area contributed by atoms with Crippen LogP contribution in [0.4, 0.5) is 0 Å². The van der Waals surface area contributed by atoms with Gasteiger partial charge in [0.05, 0.1) is 0 Å². The normalized spacial score (nSPS) is 13.3. The molecule has 3 aromatic carbocycles. The van der Waals surface area contributed by atoms with E-state index in [1.165, 1.54) is 36.9 Å². The van der Waals surface area contributed by atoms with E-state index < -0.39 is 10.9 Å². The molecule has 0 saturated carbocycles. The van der Waals surface area contributed by atoms with Crippen LogP contribution in [0.1, 0.15) is 16.9 Å². The molecule has 4 heteroatoms. The molecule has 0 aliphatic carbocycles. The number of ether oxygens (including phenoxy) is 1. The number of rotatable bonds is 4. The number of furan rings is 1. The second-order valence-corrected chi connectivity index (χ2v) is 10.6. The summed E-state index contributed by atoms with van der Waals surface area (Å²) in [7, 11) is -0.534. The van der Waals surface area contributed by atoms with Crippen LogP contribution in [0.3, 0.4) is 0 Å². The Kier molecular flexibility index (Phi) is 4.92. The molecule has 0 N–H and O–H groups in total. The minimum Gasteiger partial charge on any atom is -0.486 e. The van der Waals surface area contributed by atoms with E-state index in [0.29, 0.717) is 6.61 Å². The van der Waals surface area contributed by atoms with Gasteiger partial charge in [-0.1, -0.05) is 35.4 Å². The average molecular weight is 512 g/mol. The summed E-state index contributed by atoms with van der Waals surface area (Å²) in [5.74, 6) is 1.70.